The predicted molar refractivity (Wildman–Crippen MR) is 123 cm³/mol. The molecular formula is C18H30N8O5S2. The van der Waals surface area contributed by atoms with Gasteiger partial charge in [0.2, 0.25) is 20.0 Å². The van der Waals surface area contributed by atoms with Gasteiger partial charge in [-0.15, -0.1) is 5.11 Å². The van der Waals surface area contributed by atoms with E-state index in [1.54, 1.807) is 0 Å². The Morgan fingerprint density at radius 3 is 2.39 bits per heavy atom. The zero-order valence-corrected chi connectivity index (χ0v) is 19.9. The summed E-state index contributed by atoms with van der Waals surface area (Å²) in [6.45, 7) is 3.17. The molecule has 3 rings (SSSR count). The molecule has 2 aliphatic heterocycles. The minimum absolute atomic E-state index is 0.0119. The van der Waals surface area contributed by atoms with Crippen LogP contribution in [0.5, 0.6) is 0 Å². The van der Waals surface area contributed by atoms with Crippen molar-refractivity contribution in [3.8, 4) is 0 Å². The van der Waals surface area contributed by atoms with Crippen LogP contribution in [0.3, 0.4) is 0 Å². The lowest BCUT2D eigenvalue weighted by molar-refractivity contribution is 0.186. The van der Waals surface area contributed by atoms with Crippen LogP contribution in [-0.4, -0.2) is 73.3 Å². The monoisotopic (exact) mass is 502 g/mol. The lowest BCUT2D eigenvalue weighted by Crippen LogP contribution is -2.43. The summed E-state index contributed by atoms with van der Waals surface area (Å²) in [6.07, 6.45) is 0.384. The molecule has 15 heteroatoms. The molecule has 0 spiro atoms. The van der Waals surface area contributed by atoms with E-state index >= 15 is 0 Å². The van der Waals surface area contributed by atoms with Crippen molar-refractivity contribution in [2.45, 2.75) is 35.7 Å². The normalized spacial score (nSPS) is 19.5. The van der Waals surface area contributed by atoms with Gasteiger partial charge < -0.3 is 21.5 Å². The van der Waals surface area contributed by atoms with Crippen LogP contribution in [0.15, 0.2) is 37.1 Å². The first-order valence-corrected chi connectivity index (χ1v) is 13.4. The van der Waals surface area contributed by atoms with Gasteiger partial charge in [0, 0.05) is 31.9 Å². The fourth-order valence-electron chi connectivity index (χ4n) is 3.74. The number of amidine groups is 1. The highest BCUT2D eigenvalue weighted by Gasteiger charge is 2.36. The van der Waals surface area contributed by atoms with Gasteiger partial charge in [-0.05, 0) is 36.9 Å². The number of azo groups is 1. The molecule has 0 aromatic heterocycles. The number of nitrogens with zero attached hydrogens (tertiary/aromatic N) is 4. The average molecular weight is 503 g/mol. The van der Waals surface area contributed by atoms with E-state index in [-0.39, 0.29) is 30.0 Å². The number of hydrogen-bond acceptors (Lipinski definition) is 11. The molecule has 8 N–H and O–H groups in total. The first-order chi connectivity index (χ1) is 15.4. The number of aliphatic hydroxyl groups excluding tert-OH is 1. The molecule has 0 aliphatic carbocycles. The van der Waals surface area contributed by atoms with Gasteiger partial charge in [0.15, 0.2) is 12.5 Å². The smallest absolute Gasteiger partial charge is 0.242 e. The SMILES string of the molecule is CC1(CN)CCN(c2ccc(S(=O)(=O)NC[C@H](O)CN)c(S(N)(=O)=O)c2C2=NCN=N2)CC1. The van der Waals surface area contributed by atoms with Crippen molar-refractivity contribution < 1.29 is 21.9 Å². The summed E-state index contributed by atoms with van der Waals surface area (Å²) in [5.41, 5.74) is 11.6. The number of hydrogen-bond donors (Lipinski definition) is 5. The quantitative estimate of drug-likeness (QED) is 0.271. The molecule has 0 amide bonds. The van der Waals surface area contributed by atoms with Crippen molar-refractivity contribution in [3.63, 3.8) is 0 Å². The second-order valence-corrected chi connectivity index (χ2v) is 11.7. The van der Waals surface area contributed by atoms with E-state index in [4.69, 9.17) is 16.6 Å². The fraction of sp³-hybridized carbons (Fsp3) is 0.611. The standard InChI is InChI=1S/C18H30N8O5S2/c1-18(10-20)4-6-26(7-5-18)13-2-3-14(33(30,31)24-9-12(27)8-19)16(32(21,28)29)15(13)17-22-11-23-25-17/h2-3,12,24,27H,4-11,19-20H2,1H3,(H2,21,28,29)/t12-/m1/s1. The summed E-state index contributed by atoms with van der Waals surface area (Å²) < 4.78 is 53.6. The lowest BCUT2D eigenvalue weighted by Gasteiger charge is -2.40. The molecule has 2 aliphatic rings. The molecule has 1 aromatic rings. The zero-order chi connectivity index (χ0) is 24.4. The predicted octanol–water partition coefficient (Wildman–Crippen LogP) is -1.33. The zero-order valence-electron chi connectivity index (χ0n) is 18.3. The number of nitrogens with one attached hydrogen (secondary N) is 1. The Labute approximate surface area is 193 Å². The van der Waals surface area contributed by atoms with E-state index < -0.39 is 42.5 Å². The van der Waals surface area contributed by atoms with E-state index in [1.807, 2.05) is 4.90 Å². The highest BCUT2D eigenvalue weighted by molar-refractivity contribution is 7.92. The first-order valence-electron chi connectivity index (χ1n) is 10.4. The van der Waals surface area contributed by atoms with Crippen molar-refractivity contribution >= 4 is 31.6 Å². The number of piperidine rings is 1. The summed E-state index contributed by atoms with van der Waals surface area (Å²) in [7, 11) is -8.94. The molecule has 1 fully saturated rings. The topological polar surface area (TPSA) is 219 Å². The lowest BCUT2D eigenvalue weighted by atomic mass is 9.80. The van der Waals surface area contributed by atoms with Crippen LogP contribution in [0.25, 0.3) is 0 Å². The molecule has 0 saturated carbocycles. The third-order valence-electron chi connectivity index (χ3n) is 5.93. The second kappa shape index (κ2) is 9.69. The molecule has 1 aromatic carbocycles. The van der Waals surface area contributed by atoms with E-state index in [0.717, 1.165) is 12.8 Å². The number of rotatable bonds is 9. The Bertz CT molecular complexity index is 1160. The van der Waals surface area contributed by atoms with Crippen molar-refractivity contribution in [2.75, 3.05) is 44.3 Å². The van der Waals surface area contributed by atoms with Crippen molar-refractivity contribution in [2.24, 2.45) is 37.2 Å². The van der Waals surface area contributed by atoms with Crippen LogP contribution >= 0.6 is 0 Å². The molecule has 1 atom stereocenters. The molecular weight excluding hydrogens is 472 g/mol. The van der Waals surface area contributed by atoms with Crippen LogP contribution < -0.4 is 26.2 Å². The van der Waals surface area contributed by atoms with Gasteiger partial charge in [-0.2, -0.15) is 5.11 Å². The van der Waals surface area contributed by atoms with Gasteiger partial charge >= 0.3 is 0 Å². The molecule has 0 radical (unpaired) electrons. The second-order valence-electron chi connectivity index (χ2n) is 8.44. The maximum Gasteiger partial charge on any atom is 0.242 e. The third-order valence-corrected chi connectivity index (χ3v) is 8.52. The van der Waals surface area contributed by atoms with Gasteiger partial charge in [0.05, 0.1) is 11.7 Å². The molecule has 0 bridgehead atoms. The Hall–Kier alpha value is -2.01. The maximum atomic E-state index is 13.0. The largest absolute Gasteiger partial charge is 0.390 e. The highest BCUT2D eigenvalue weighted by atomic mass is 32.2. The number of primary sulfonamides is 1. The summed E-state index contributed by atoms with van der Waals surface area (Å²) >= 11 is 0. The number of benzene rings is 1. The Balaban J connectivity index is 2.17. The summed E-state index contributed by atoms with van der Waals surface area (Å²) in [5, 5.41) is 22.9. The van der Waals surface area contributed by atoms with Crippen LogP contribution in [0.1, 0.15) is 25.3 Å². The molecule has 0 unspecified atom stereocenters. The van der Waals surface area contributed by atoms with Gasteiger partial charge in [0.1, 0.15) is 9.79 Å². The number of aliphatic hydroxyl groups is 1. The third kappa shape index (κ3) is 5.56. The first kappa shape index (κ1) is 25.6. The van der Waals surface area contributed by atoms with Gasteiger partial charge in [-0.25, -0.2) is 31.7 Å². The molecule has 1 saturated heterocycles. The minimum Gasteiger partial charge on any atom is -0.390 e. The Morgan fingerprint density at radius 2 is 1.88 bits per heavy atom. The highest BCUT2D eigenvalue weighted by Crippen LogP contribution is 2.38. The number of sulfonamides is 2. The van der Waals surface area contributed by atoms with E-state index in [2.05, 4.69) is 26.9 Å². The van der Waals surface area contributed by atoms with E-state index in [9.17, 15) is 21.9 Å². The Morgan fingerprint density at radius 1 is 1.21 bits per heavy atom. The Kier molecular flexibility index (Phi) is 7.52. The number of anilines is 1. The summed E-state index contributed by atoms with van der Waals surface area (Å²) in [5.74, 6) is -0.0137. The van der Waals surface area contributed by atoms with Crippen molar-refractivity contribution in [3.05, 3.63) is 17.7 Å². The minimum atomic E-state index is -4.55. The van der Waals surface area contributed by atoms with E-state index in [1.165, 1.54) is 12.1 Å². The van der Waals surface area contributed by atoms with Gasteiger partial charge in [-0.3, -0.25) is 0 Å². The number of aliphatic imine (C=N–C) groups is 1. The van der Waals surface area contributed by atoms with Gasteiger partial charge in [0.25, 0.3) is 0 Å². The number of nitrogens with two attached hydrogens (primary N) is 3. The maximum absolute atomic E-state index is 13.0. The average Bonchev–Trinajstić information content (AvgIpc) is 3.31. The molecule has 13 nitrogen and oxygen atoms in total. The van der Waals surface area contributed by atoms with Crippen LogP contribution in [0.4, 0.5) is 5.69 Å². The van der Waals surface area contributed by atoms with Crippen molar-refractivity contribution in [1.82, 2.24) is 4.72 Å². The van der Waals surface area contributed by atoms with Crippen molar-refractivity contribution in [1.29, 1.82) is 0 Å². The summed E-state index contributed by atoms with van der Waals surface area (Å²) in [6, 6.07) is 2.69. The molecule has 184 valence electrons. The van der Waals surface area contributed by atoms with Gasteiger partial charge in [-0.1, -0.05) is 6.92 Å². The summed E-state index contributed by atoms with van der Waals surface area (Å²) in [4.78, 5) is 4.89. The molecule has 33 heavy (non-hydrogen) atoms. The van der Waals surface area contributed by atoms with Crippen LogP contribution in [0, 0.1) is 5.41 Å². The van der Waals surface area contributed by atoms with Crippen LogP contribution in [-0.2, 0) is 20.0 Å². The van der Waals surface area contributed by atoms with Crippen LogP contribution in [0.2, 0.25) is 0 Å². The fourth-order valence-corrected chi connectivity index (χ4v) is 6.41. The van der Waals surface area contributed by atoms with E-state index in [0.29, 0.717) is 25.3 Å². The molecule has 2 heterocycles.